The number of carbonyl (C=O) groups excluding carboxylic acids is 1. The topological polar surface area (TPSA) is 41.1 Å². The van der Waals surface area contributed by atoms with Gasteiger partial charge >= 0.3 is 0 Å². The average Bonchev–Trinajstić information content (AvgIpc) is 2.46. The van der Waals surface area contributed by atoms with Gasteiger partial charge in [-0.2, -0.15) is 0 Å². The van der Waals surface area contributed by atoms with Crippen LogP contribution in [0.25, 0.3) is 0 Å². The van der Waals surface area contributed by atoms with Crippen molar-refractivity contribution < 1.29 is 4.79 Å². The molecule has 1 amide bonds. The van der Waals surface area contributed by atoms with Crippen LogP contribution in [0.1, 0.15) is 43.7 Å². The third-order valence-corrected chi connectivity index (χ3v) is 4.79. The maximum atomic E-state index is 12.5. The number of hydrogen-bond donors (Lipinski definition) is 2. The molecule has 1 heterocycles. The molecule has 1 saturated carbocycles. The molecule has 1 aliphatic heterocycles. The van der Waals surface area contributed by atoms with Gasteiger partial charge in [0.25, 0.3) is 0 Å². The van der Waals surface area contributed by atoms with E-state index in [0.29, 0.717) is 5.92 Å². The van der Waals surface area contributed by atoms with Crippen molar-refractivity contribution in [1.82, 2.24) is 10.6 Å². The van der Waals surface area contributed by atoms with Gasteiger partial charge in [0.2, 0.25) is 5.91 Å². The van der Waals surface area contributed by atoms with Gasteiger partial charge in [-0.15, -0.1) is 12.4 Å². The molecule has 1 unspecified atom stereocenters. The molecule has 3 rings (SSSR count). The Kier molecular flexibility index (Phi) is 6.07. The van der Waals surface area contributed by atoms with Crippen molar-refractivity contribution in [2.45, 2.75) is 38.1 Å². The summed E-state index contributed by atoms with van der Waals surface area (Å²) < 4.78 is 0. The first-order chi connectivity index (χ1) is 9.84. The van der Waals surface area contributed by atoms with Gasteiger partial charge in [0, 0.05) is 5.92 Å². The van der Waals surface area contributed by atoms with E-state index in [0.717, 1.165) is 25.9 Å². The van der Waals surface area contributed by atoms with E-state index in [2.05, 4.69) is 34.9 Å². The maximum absolute atomic E-state index is 12.5. The van der Waals surface area contributed by atoms with Crippen LogP contribution >= 0.6 is 12.4 Å². The summed E-state index contributed by atoms with van der Waals surface area (Å²) in [7, 11) is 0. The minimum atomic E-state index is 0. The first-order valence-corrected chi connectivity index (χ1v) is 7.90. The van der Waals surface area contributed by atoms with Gasteiger partial charge in [-0.1, -0.05) is 36.8 Å². The summed E-state index contributed by atoms with van der Waals surface area (Å²) in [6.45, 7) is 1.94. The molecular formula is C17H25ClN2O. The van der Waals surface area contributed by atoms with Crippen LogP contribution in [0.4, 0.5) is 0 Å². The molecule has 0 bridgehead atoms. The lowest BCUT2D eigenvalue weighted by Gasteiger charge is -2.36. The number of carbonyl (C=O) groups is 1. The molecule has 2 aliphatic rings. The van der Waals surface area contributed by atoms with Gasteiger partial charge in [-0.3, -0.25) is 4.79 Å². The van der Waals surface area contributed by atoms with E-state index in [1.165, 1.54) is 24.8 Å². The second-order valence-corrected chi connectivity index (χ2v) is 6.11. The zero-order chi connectivity index (χ0) is 13.8. The minimum Gasteiger partial charge on any atom is -0.349 e. The normalized spacial score (nSPS) is 21.0. The first-order valence-electron chi connectivity index (χ1n) is 7.90. The number of piperidine rings is 1. The lowest BCUT2D eigenvalue weighted by molar-refractivity contribution is -0.127. The van der Waals surface area contributed by atoms with Gasteiger partial charge in [0.15, 0.2) is 0 Å². The highest BCUT2D eigenvalue weighted by atomic mass is 35.5. The summed E-state index contributed by atoms with van der Waals surface area (Å²) in [5.74, 6) is 1.08. The van der Waals surface area contributed by atoms with Gasteiger partial charge in [-0.25, -0.2) is 0 Å². The second-order valence-electron chi connectivity index (χ2n) is 6.11. The zero-order valence-electron chi connectivity index (χ0n) is 12.4. The Bertz CT molecular complexity index is 441. The molecule has 4 heteroatoms. The third kappa shape index (κ3) is 3.98. The van der Waals surface area contributed by atoms with E-state index in [4.69, 9.17) is 0 Å². The van der Waals surface area contributed by atoms with Crippen molar-refractivity contribution in [2.75, 3.05) is 13.1 Å². The fraction of sp³-hybridized carbons (Fsp3) is 0.588. The summed E-state index contributed by atoms with van der Waals surface area (Å²) >= 11 is 0. The Labute approximate surface area is 133 Å². The lowest BCUT2D eigenvalue weighted by Crippen LogP contribution is -2.42. The van der Waals surface area contributed by atoms with E-state index in [-0.39, 0.29) is 30.3 Å². The monoisotopic (exact) mass is 308 g/mol. The summed E-state index contributed by atoms with van der Waals surface area (Å²) in [6, 6.07) is 10.7. The van der Waals surface area contributed by atoms with Gasteiger partial charge < -0.3 is 10.6 Å². The Morgan fingerprint density at radius 2 is 1.76 bits per heavy atom. The molecule has 2 fully saturated rings. The predicted octanol–water partition coefficient (Wildman–Crippen LogP) is 3.07. The third-order valence-electron chi connectivity index (χ3n) is 4.79. The molecule has 21 heavy (non-hydrogen) atoms. The highest BCUT2D eigenvalue weighted by Crippen LogP contribution is 2.37. The van der Waals surface area contributed by atoms with E-state index < -0.39 is 0 Å². The van der Waals surface area contributed by atoms with Crippen LogP contribution in [0, 0.1) is 11.8 Å². The highest BCUT2D eigenvalue weighted by Gasteiger charge is 2.31. The molecule has 1 atom stereocenters. The highest BCUT2D eigenvalue weighted by molar-refractivity contribution is 5.85. The largest absolute Gasteiger partial charge is 0.349 e. The van der Waals surface area contributed by atoms with Crippen molar-refractivity contribution >= 4 is 18.3 Å². The first kappa shape index (κ1) is 16.3. The van der Waals surface area contributed by atoms with Crippen molar-refractivity contribution in [3.63, 3.8) is 0 Å². The number of halogens is 1. The van der Waals surface area contributed by atoms with Crippen LogP contribution in [-0.4, -0.2) is 19.0 Å². The fourth-order valence-electron chi connectivity index (χ4n) is 3.26. The molecule has 0 spiro atoms. The Hall–Kier alpha value is -1.06. The molecule has 3 nitrogen and oxygen atoms in total. The SMILES string of the molecule is Cl.O=C(NC(c1ccccc1)C1CCC1)C1CCNCC1. The van der Waals surface area contributed by atoms with E-state index >= 15 is 0 Å². The van der Waals surface area contributed by atoms with E-state index in [9.17, 15) is 4.79 Å². The second kappa shape index (κ2) is 7.81. The molecule has 116 valence electrons. The number of hydrogen-bond acceptors (Lipinski definition) is 2. The number of nitrogens with one attached hydrogen (secondary N) is 2. The predicted molar refractivity (Wildman–Crippen MR) is 87.5 cm³/mol. The summed E-state index contributed by atoms with van der Waals surface area (Å²) in [5, 5.41) is 6.66. The van der Waals surface area contributed by atoms with Crippen LogP contribution in [0.3, 0.4) is 0 Å². The molecule has 1 aromatic rings. The van der Waals surface area contributed by atoms with Crippen LogP contribution < -0.4 is 10.6 Å². The van der Waals surface area contributed by atoms with Crippen LogP contribution in [0.15, 0.2) is 30.3 Å². The summed E-state index contributed by atoms with van der Waals surface area (Å²) in [6.07, 6.45) is 5.73. The molecular weight excluding hydrogens is 284 g/mol. The molecule has 2 N–H and O–H groups in total. The fourth-order valence-corrected chi connectivity index (χ4v) is 3.26. The smallest absolute Gasteiger partial charge is 0.223 e. The Balaban J connectivity index is 0.00000161. The lowest BCUT2D eigenvalue weighted by atomic mass is 9.77. The van der Waals surface area contributed by atoms with E-state index in [1.54, 1.807) is 0 Å². The van der Waals surface area contributed by atoms with Crippen molar-refractivity contribution in [3.05, 3.63) is 35.9 Å². The maximum Gasteiger partial charge on any atom is 0.223 e. The zero-order valence-corrected chi connectivity index (χ0v) is 13.2. The molecule has 1 aromatic carbocycles. The van der Waals surface area contributed by atoms with Gasteiger partial charge in [0.1, 0.15) is 0 Å². The van der Waals surface area contributed by atoms with Crippen LogP contribution in [0.5, 0.6) is 0 Å². The molecule has 1 saturated heterocycles. The van der Waals surface area contributed by atoms with Crippen molar-refractivity contribution in [2.24, 2.45) is 11.8 Å². The number of rotatable bonds is 4. The molecule has 0 radical (unpaired) electrons. The van der Waals surface area contributed by atoms with Crippen molar-refractivity contribution in [1.29, 1.82) is 0 Å². The Morgan fingerprint density at radius 3 is 2.33 bits per heavy atom. The van der Waals surface area contributed by atoms with Gasteiger partial charge in [0.05, 0.1) is 6.04 Å². The van der Waals surface area contributed by atoms with Crippen molar-refractivity contribution in [3.8, 4) is 0 Å². The van der Waals surface area contributed by atoms with Crippen LogP contribution in [-0.2, 0) is 4.79 Å². The standard InChI is InChI=1S/C17H24N2O.ClH/c20-17(15-9-11-18-12-10-15)19-16(14-7-4-8-14)13-5-2-1-3-6-13;/h1-3,5-6,14-16,18H,4,7-12H2,(H,19,20);1H. The minimum absolute atomic E-state index is 0. The molecule has 0 aromatic heterocycles. The quantitative estimate of drug-likeness (QED) is 0.897. The van der Waals surface area contributed by atoms with E-state index in [1.807, 2.05) is 6.07 Å². The number of amides is 1. The summed E-state index contributed by atoms with van der Waals surface area (Å²) in [5.41, 5.74) is 1.26. The van der Waals surface area contributed by atoms with Crippen LogP contribution in [0.2, 0.25) is 0 Å². The molecule has 1 aliphatic carbocycles. The Morgan fingerprint density at radius 1 is 1.10 bits per heavy atom. The number of benzene rings is 1. The van der Waals surface area contributed by atoms with Gasteiger partial charge in [-0.05, 0) is 50.3 Å². The average molecular weight is 309 g/mol. The summed E-state index contributed by atoms with van der Waals surface area (Å²) in [4.78, 5) is 12.5.